The maximum atomic E-state index is 13.4. The Morgan fingerprint density at radius 3 is 2.73 bits per heavy atom. The molecule has 1 rings (SSSR count). The van der Waals surface area contributed by atoms with Gasteiger partial charge in [-0.2, -0.15) is 0 Å². The van der Waals surface area contributed by atoms with E-state index in [2.05, 4.69) is 15.9 Å². The van der Waals surface area contributed by atoms with Crippen molar-refractivity contribution >= 4 is 15.9 Å². The summed E-state index contributed by atoms with van der Waals surface area (Å²) < 4.78 is 14.3. The molecule has 84 valence electrons. The van der Waals surface area contributed by atoms with Crippen LogP contribution in [0.25, 0.3) is 0 Å². The lowest BCUT2D eigenvalue weighted by molar-refractivity contribution is 0.542. The van der Waals surface area contributed by atoms with Crippen LogP contribution >= 0.6 is 15.9 Å². The molecule has 15 heavy (non-hydrogen) atoms. The van der Waals surface area contributed by atoms with Crippen molar-refractivity contribution in [3.8, 4) is 0 Å². The molecule has 0 saturated heterocycles. The monoisotopic (exact) mass is 274 g/mol. The SMILES string of the molecule is NCCCC[C@H](N)c1cc(Br)ccc1F. The third-order valence-electron chi connectivity index (χ3n) is 2.33. The first kappa shape index (κ1) is 12.6. The van der Waals surface area contributed by atoms with Crippen LogP contribution in [0, 0.1) is 5.82 Å². The Bertz CT molecular complexity index is 317. The highest BCUT2D eigenvalue weighted by Crippen LogP contribution is 2.23. The molecule has 0 spiro atoms. The van der Waals surface area contributed by atoms with Crippen LogP contribution in [0.4, 0.5) is 4.39 Å². The topological polar surface area (TPSA) is 52.0 Å². The number of benzene rings is 1. The van der Waals surface area contributed by atoms with Crippen molar-refractivity contribution < 1.29 is 4.39 Å². The van der Waals surface area contributed by atoms with Crippen LogP contribution in [0.15, 0.2) is 22.7 Å². The predicted molar refractivity (Wildman–Crippen MR) is 63.9 cm³/mol. The predicted octanol–water partition coefficient (Wildman–Crippen LogP) is 2.72. The summed E-state index contributed by atoms with van der Waals surface area (Å²) in [4.78, 5) is 0. The van der Waals surface area contributed by atoms with E-state index in [1.807, 2.05) is 0 Å². The Morgan fingerprint density at radius 1 is 1.33 bits per heavy atom. The van der Waals surface area contributed by atoms with E-state index in [0.717, 1.165) is 23.7 Å². The van der Waals surface area contributed by atoms with Gasteiger partial charge in [-0.05, 0) is 37.6 Å². The average molecular weight is 275 g/mol. The van der Waals surface area contributed by atoms with Gasteiger partial charge in [-0.1, -0.05) is 22.4 Å². The Kier molecular flexibility index (Phi) is 5.22. The molecule has 0 saturated carbocycles. The molecule has 4 heteroatoms. The van der Waals surface area contributed by atoms with Gasteiger partial charge in [-0.25, -0.2) is 4.39 Å². The van der Waals surface area contributed by atoms with Gasteiger partial charge in [0, 0.05) is 16.1 Å². The number of unbranched alkanes of at least 4 members (excludes halogenated alkanes) is 1. The van der Waals surface area contributed by atoms with Gasteiger partial charge in [-0.15, -0.1) is 0 Å². The average Bonchev–Trinajstić information content (AvgIpc) is 2.22. The van der Waals surface area contributed by atoms with Crippen molar-refractivity contribution in [2.75, 3.05) is 6.54 Å². The van der Waals surface area contributed by atoms with Crippen LogP contribution in [0.3, 0.4) is 0 Å². The van der Waals surface area contributed by atoms with Crippen LogP contribution in [0.5, 0.6) is 0 Å². The highest BCUT2D eigenvalue weighted by atomic mass is 79.9. The summed E-state index contributed by atoms with van der Waals surface area (Å²) >= 11 is 3.30. The second-order valence-corrected chi connectivity index (χ2v) is 4.47. The number of halogens is 2. The van der Waals surface area contributed by atoms with Gasteiger partial charge in [0.05, 0.1) is 0 Å². The highest BCUT2D eigenvalue weighted by molar-refractivity contribution is 9.10. The minimum Gasteiger partial charge on any atom is -0.330 e. The van der Waals surface area contributed by atoms with Crippen LogP contribution in [0.1, 0.15) is 30.9 Å². The van der Waals surface area contributed by atoms with Gasteiger partial charge in [0.25, 0.3) is 0 Å². The second-order valence-electron chi connectivity index (χ2n) is 3.56. The molecular weight excluding hydrogens is 259 g/mol. The van der Waals surface area contributed by atoms with E-state index in [-0.39, 0.29) is 11.9 Å². The summed E-state index contributed by atoms with van der Waals surface area (Å²) in [7, 11) is 0. The van der Waals surface area contributed by atoms with Crippen molar-refractivity contribution in [3.05, 3.63) is 34.1 Å². The molecule has 4 N–H and O–H groups in total. The van der Waals surface area contributed by atoms with Gasteiger partial charge in [-0.3, -0.25) is 0 Å². The van der Waals surface area contributed by atoms with E-state index in [9.17, 15) is 4.39 Å². The molecule has 0 aliphatic heterocycles. The molecular formula is C11H16BrFN2. The largest absolute Gasteiger partial charge is 0.330 e. The van der Waals surface area contributed by atoms with E-state index in [1.54, 1.807) is 12.1 Å². The molecule has 0 aliphatic rings. The molecule has 1 aromatic carbocycles. The Labute approximate surface area is 98.0 Å². The van der Waals surface area contributed by atoms with Gasteiger partial charge < -0.3 is 11.5 Å². The van der Waals surface area contributed by atoms with Crippen LogP contribution < -0.4 is 11.5 Å². The van der Waals surface area contributed by atoms with Gasteiger partial charge in [0.15, 0.2) is 0 Å². The van der Waals surface area contributed by atoms with E-state index in [4.69, 9.17) is 11.5 Å². The minimum absolute atomic E-state index is 0.238. The summed E-state index contributed by atoms with van der Waals surface area (Å²) in [5.74, 6) is -0.238. The molecule has 2 nitrogen and oxygen atoms in total. The summed E-state index contributed by atoms with van der Waals surface area (Å²) in [6.45, 7) is 0.660. The Hall–Kier alpha value is -0.450. The van der Waals surface area contributed by atoms with Crippen LogP contribution in [0.2, 0.25) is 0 Å². The molecule has 0 heterocycles. The molecule has 0 bridgehead atoms. The lowest BCUT2D eigenvalue weighted by Crippen LogP contribution is -2.12. The first-order valence-electron chi connectivity index (χ1n) is 5.05. The van der Waals surface area contributed by atoms with Crippen LogP contribution in [-0.2, 0) is 0 Å². The first-order valence-corrected chi connectivity index (χ1v) is 5.85. The fraction of sp³-hybridized carbons (Fsp3) is 0.455. The van der Waals surface area contributed by atoms with Crippen molar-refractivity contribution in [2.24, 2.45) is 11.5 Å². The molecule has 0 unspecified atom stereocenters. The molecule has 0 fully saturated rings. The number of hydrogen-bond acceptors (Lipinski definition) is 2. The number of rotatable bonds is 5. The summed E-state index contributed by atoms with van der Waals surface area (Å²) in [5.41, 5.74) is 11.9. The molecule has 1 atom stereocenters. The van der Waals surface area contributed by atoms with Crippen molar-refractivity contribution in [2.45, 2.75) is 25.3 Å². The Balaban J connectivity index is 2.64. The first-order chi connectivity index (χ1) is 7.15. The molecule has 0 aromatic heterocycles. The third-order valence-corrected chi connectivity index (χ3v) is 2.82. The van der Waals surface area contributed by atoms with Gasteiger partial charge in [0.2, 0.25) is 0 Å². The van der Waals surface area contributed by atoms with Crippen molar-refractivity contribution in [1.29, 1.82) is 0 Å². The van der Waals surface area contributed by atoms with Crippen molar-refractivity contribution in [1.82, 2.24) is 0 Å². The summed E-state index contributed by atoms with van der Waals surface area (Å²) in [6, 6.07) is 4.60. The minimum atomic E-state index is -0.242. The Morgan fingerprint density at radius 2 is 2.07 bits per heavy atom. The highest BCUT2D eigenvalue weighted by Gasteiger charge is 2.11. The zero-order valence-corrected chi connectivity index (χ0v) is 10.1. The summed E-state index contributed by atoms with van der Waals surface area (Å²) in [5, 5.41) is 0. The maximum absolute atomic E-state index is 13.4. The normalized spacial score (nSPS) is 12.8. The maximum Gasteiger partial charge on any atom is 0.128 e. The fourth-order valence-electron chi connectivity index (χ4n) is 1.46. The zero-order chi connectivity index (χ0) is 11.3. The standard InChI is InChI=1S/C11H16BrFN2/c12-8-4-5-10(13)9(7-8)11(15)3-1-2-6-14/h4-5,7,11H,1-3,6,14-15H2/t11-/m0/s1. The van der Waals surface area contributed by atoms with E-state index in [0.29, 0.717) is 12.1 Å². The lowest BCUT2D eigenvalue weighted by Gasteiger charge is -2.12. The number of hydrogen-bond donors (Lipinski definition) is 2. The van der Waals surface area contributed by atoms with Gasteiger partial charge in [0.1, 0.15) is 5.82 Å². The molecule has 1 aromatic rings. The molecule has 0 aliphatic carbocycles. The van der Waals surface area contributed by atoms with E-state index in [1.165, 1.54) is 6.07 Å². The van der Waals surface area contributed by atoms with Gasteiger partial charge >= 0.3 is 0 Å². The van der Waals surface area contributed by atoms with Crippen LogP contribution in [-0.4, -0.2) is 6.54 Å². The zero-order valence-electron chi connectivity index (χ0n) is 8.55. The second kappa shape index (κ2) is 6.20. The van der Waals surface area contributed by atoms with E-state index >= 15 is 0 Å². The molecule has 0 radical (unpaired) electrons. The summed E-state index contributed by atoms with van der Waals surface area (Å²) in [6.07, 6.45) is 2.64. The number of nitrogens with two attached hydrogens (primary N) is 2. The lowest BCUT2D eigenvalue weighted by atomic mass is 10.0. The smallest absolute Gasteiger partial charge is 0.128 e. The van der Waals surface area contributed by atoms with Crippen molar-refractivity contribution in [3.63, 3.8) is 0 Å². The van der Waals surface area contributed by atoms with E-state index < -0.39 is 0 Å². The molecule has 0 amide bonds. The third kappa shape index (κ3) is 3.89. The quantitative estimate of drug-likeness (QED) is 0.812. The fourth-order valence-corrected chi connectivity index (χ4v) is 1.84.